The molecule has 13 heavy (non-hydrogen) atoms. The number of carbonyl (C=O) groups is 1. The number of benzene rings is 1. The topological polar surface area (TPSA) is 37.3 Å². The van der Waals surface area contributed by atoms with Crippen LogP contribution in [0.4, 0.5) is 0 Å². The molecule has 0 saturated heterocycles. The molecule has 0 radical (unpaired) electrons. The summed E-state index contributed by atoms with van der Waals surface area (Å²) >= 11 is 11.4. The summed E-state index contributed by atoms with van der Waals surface area (Å²) in [5.74, 6) is -1.10. The zero-order chi connectivity index (χ0) is 10.0. The highest BCUT2D eigenvalue weighted by Gasteiger charge is 2.12. The van der Waals surface area contributed by atoms with Gasteiger partial charge >= 0.3 is 5.97 Å². The second-order valence-corrected chi connectivity index (χ2v) is 3.16. The van der Waals surface area contributed by atoms with Crippen molar-refractivity contribution in [2.45, 2.75) is 0 Å². The average molecular weight is 217 g/mol. The van der Waals surface area contributed by atoms with Crippen LogP contribution in [0.15, 0.2) is 18.7 Å². The van der Waals surface area contributed by atoms with Gasteiger partial charge in [0.2, 0.25) is 0 Å². The monoisotopic (exact) mass is 216 g/mol. The Balaban J connectivity index is 3.41. The van der Waals surface area contributed by atoms with Crippen molar-refractivity contribution in [1.82, 2.24) is 0 Å². The second kappa shape index (κ2) is 3.81. The smallest absolute Gasteiger partial charge is 0.337 e. The maximum Gasteiger partial charge on any atom is 0.337 e. The lowest BCUT2D eigenvalue weighted by atomic mass is 10.1. The number of carboxylic acid groups (broad SMARTS) is 1. The van der Waals surface area contributed by atoms with Crippen LogP contribution in [0.5, 0.6) is 0 Å². The number of hydrogen-bond donors (Lipinski definition) is 1. The maximum atomic E-state index is 10.7. The van der Waals surface area contributed by atoms with E-state index in [1.54, 1.807) is 6.07 Å². The molecule has 0 atom stereocenters. The quantitative estimate of drug-likeness (QED) is 0.824. The molecule has 0 aliphatic carbocycles. The molecule has 1 aromatic carbocycles. The van der Waals surface area contributed by atoms with Crippen molar-refractivity contribution in [3.8, 4) is 0 Å². The van der Waals surface area contributed by atoms with Gasteiger partial charge in [-0.2, -0.15) is 0 Å². The molecule has 0 unspecified atom stereocenters. The molecule has 2 nitrogen and oxygen atoms in total. The molecule has 0 spiro atoms. The molecule has 4 heteroatoms. The highest BCUT2D eigenvalue weighted by Crippen LogP contribution is 2.27. The molecular weight excluding hydrogens is 211 g/mol. The Morgan fingerprint density at radius 2 is 2.08 bits per heavy atom. The van der Waals surface area contributed by atoms with Gasteiger partial charge in [-0.15, -0.1) is 0 Å². The Hall–Kier alpha value is -0.990. The van der Waals surface area contributed by atoms with Crippen LogP contribution >= 0.6 is 23.2 Å². The lowest BCUT2D eigenvalue weighted by molar-refractivity contribution is 0.0697. The highest BCUT2D eigenvalue weighted by atomic mass is 35.5. The molecule has 1 N–H and O–H groups in total. The molecule has 0 heterocycles. The van der Waals surface area contributed by atoms with E-state index in [9.17, 15) is 4.79 Å². The van der Waals surface area contributed by atoms with Crippen molar-refractivity contribution in [2.75, 3.05) is 0 Å². The second-order valence-electron chi connectivity index (χ2n) is 2.37. The first-order valence-corrected chi connectivity index (χ1v) is 4.16. The van der Waals surface area contributed by atoms with Crippen molar-refractivity contribution >= 4 is 35.2 Å². The van der Waals surface area contributed by atoms with Gasteiger partial charge in [-0.1, -0.05) is 35.9 Å². The van der Waals surface area contributed by atoms with Crippen LogP contribution in [0.3, 0.4) is 0 Å². The first kappa shape index (κ1) is 10.1. The van der Waals surface area contributed by atoms with Gasteiger partial charge in [-0.25, -0.2) is 4.79 Å². The van der Waals surface area contributed by atoms with Crippen LogP contribution in [-0.4, -0.2) is 11.1 Å². The summed E-state index contributed by atoms with van der Waals surface area (Å²) in [5.41, 5.74) is 0.621. The first-order valence-electron chi connectivity index (χ1n) is 3.41. The Labute approximate surface area is 85.4 Å². The Morgan fingerprint density at radius 1 is 1.46 bits per heavy atom. The van der Waals surface area contributed by atoms with Gasteiger partial charge in [0.25, 0.3) is 0 Å². The maximum absolute atomic E-state index is 10.7. The average Bonchev–Trinajstić information content (AvgIpc) is 2.09. The van der Waals surface area contributed by atoms with Crippen LogP contribution < -0.4 is 0 Å². The van der Waals surface area contributed by atoms with Gasteiger partial charge in [0, 0.05) is 0 Å². The van der Waals surface area contributed by atoms with Crippen LogP contribution in [0.1, 0.15) is 15.9 Å². The van der Waals surface area contributed by atoms with Gasteiger partial charge in [-0.3, -0.25) is 0 Å². The van der Waals surface area contributed by atoms with E-state index in [2.05, 4.69) is 6.58 Å². The van der Waals surface area contributed by atoms with Gasteiger partial charge in [0.1, 0.15) is 0 Å². The van der Waals surface area contributed by atoms with Crippen LogP contribution in [0.2, 0.25) is 10.0 Å². The van der Waals surface area contributed by atoms with E-state index in [-0.39, 0.29) is 15.6 Å². The summed E-state index contributed by atoms with van der Waals surface area (Å²) in [6, 6.07) is 2.98. The zero-order valence-corrected chi connectivity index (χ0v) is 8.06. The molecule has 0 aliphatic heterocycles. The number of rotatable bonds is 2. The lowest BCUT2D eigenvalue weighted by Gasteiger charge is -2.02. The third kappa shape index (κ3) is 2.02. The molecule has 0 fully saturated rings. The van der Waals surface area contributed by atoms with E-state index in [0.29, 0.717) is 5.56 Å². The fraction of sp³-hybridized carbons (Fsp3) is 0. The lowest BCUT2D eigenvalue weighted by Crippen LogP contribution is -1.98. The molecule has 1 aromatic rings. The third-order valence-electron chi connectivity index (χ3n) is 1.52. The first-order chi connectivity index (χ1) is 6.06. The predicted molar refractivity (Wildman–Crippen MR) is 53.5 cm³/mol. The van der Waals surface area contributed by atoms with Gasteiger partial charge in [-0.05, 0) is 17.7 Å². The molecule has 0 aliphatic rings. The molecular formula is C9H6Cl2O2. The van der Waals surface area contributed by atoms with Crippen molar-refractivity contribution in [3.63, 3.8) is 0 Å². The van der Waals surface area contributed by atoms with E-state index in [0.717, 1.165) is 0 Å². The van der Waals surface area contributed by atoms with E-state index in [1.165, 1.54) is 12.1 Å². The number of carboxylic acids is 1. The zero-order valence-electron chi connectivity index (χ0n) is 6.55. The Bertz CT molecular complexity index is 372. The predicted octanol–water partition coefficient (Wildman–Crippen LogP) is 3.33. The van der Waals surface area contributed by atoms with Crippen LogP contribution in [-0.2, 0) is 0 Å². The van der Waals surface area contributed by atoms with E-state index in [1.807, 2.05) is 0 Å². The largest absolute Gasteiger partial charge is 0.478 e. The van der Waals surface area contributed by atoms with E-state index >= 15 is 0 Å². The fourth-order valence-corrected chi connectivity index (χ4v) is 1.30. The SMILES string of the molecule is C=Cc1cc(Cl)c(Cl)c(C(=O)O)c1. The van der Waals surface area contributed by atoms with Crippen LogP contribution in [0.25, 0.3) is 6.08 Å². The highest BCUT2D eigenvalue weighted by molar-refractivity contribution is 6.43. The van der Waals surface area contributed by atoms with E-state index in [4.69, 9.17) is 28.3 Å². The summed E-state index contributed by atoms with van der Waals surface area (Å²) in [6.45, 7) is 3.51. The molecule has 1 rings (SSSR count). The summed E-state index contributed by atoms with van der Waals surface area (Å²) in [7, 11) is 0. The van der Waals surface area contributed by atoms with Crippen molar-refractivity contribution < 1.29 is 9.90 Å². The van der Waals surface area contributed by atoms with Crippen molar-refractivity contribution in [2.24, 2.45) is 0 Å². The minimum Gasteiger partial charge on any atom is -0.478 e. The summed E-state index contributed by atoms with van der Waals surface area (Å²) in [5, 5.41) is 9.01. The number of halogens is 2. The normalized spacial score (nSPS) is 9.69. The molecule has 68 valence electrons. The summed E-state index contributed by atoms with van der Waals surface area (Å²) in [4.78, 5) is 10.7. The Kier molecular flexibility index (Phi) is 2.96. The van der Waals surface area contributed by atoms with Gasteiger partial charge in [0.05, 0.1) is 15.6 Å². The van der Waals surface area contributed by atoms with Gasteiger partial charge in [0.15, 0.2) is 0 Å². The number of hydrogen-bond acceptors (Lipinski definition) is 1. The fourth-order valence-electron chi connectivity index (χ4n) is 0.884. The molecule has 0 aromatic heterocycles. The van der Waals surface area contributed by atoms with Crippen molar-refractivity contribution in [1.29, 1.82) is 0 Å². The summed E-state index contributed by atoms with van der Waals surface area (Å²) in [6.07, 6.45) is 1.51. The minimum absolute atomic E-state index is 0.0101. The van der Waals surface area contributed by atoms with Crippen LogP contribution in [0, 0.1) is 0 Å². The van der Waals surface area contributed by atoms with Crippen molar-refractivity contribution in [3.05, 3.63) is 39.9 Å². The minimum atomic E-state index is -1.10. The standard InChI is InChI=1S/C9H6Cl2O2/c1-2-5-3-6(9(12)13)8(11)7(10)4-5/h2-4H,1H2,(H,12,13). The third-order valence-corrected chi connectivity index (χ3v) is 2.32. The van der Waals surface area contributed by atoms with Gasteiger partial charge < -0.3 is 5.11 Å². The molecule has 0 bridgehead atoms. The van der Waals surface area contributed by atoms with E-state index < -0.39 is 5.97 Å². The summed E-state index contributed by atoms with van der Waals surface area (Å²) < 4.78 is 0. The Morgan fingerprint density at radius 3 is 2.54 bits per heavy atom. The molecule has 0 saturated carbocycles. The number of aromatic carboxylic acids is 1. The molecule has 0 amide bonds.